The van der Waals surface area contributed by atoms with Gasteiger partial charge in [0.05, 0.1) is 16.3 Å². The van der Waals surface area contributed by atoms with Crippen molar-refractivity contribution in [3.63, 3.8) is 0 Å². The van der Waals surface area contributed by atoms with E-state index in [0.717, 1.165) is 5.69 Å². The second kappa shape index (κ2) is 7.05. The van der Waals surface area contributed by atoms with Gasteiger partial charge < -0.3 is 29.8 Å². The molecule has 0 saturated heterocycles. The van der Waals surface area contributed by atoms with Gasteiger partial charge >= 0.3 is 0 Å². The summed E-state index contributed by atoms with van der Waals surface area (Å²) in [6.07, 6.45) is 0. The first kappa shape index (κ1) is 18.9. The average molecular weight is 388 g/mol. The molecule has 0 bridgehead atoms. The summed E-state index contributed by atoms with van der Waals surface area (Å²) in [7, 11) is -2.17. The van der Waals surface area contributed by atoms with E-state index in [9.17, 15) is 18.8 Å². The largest absolute Gasteiger partial charge is 0.507 e. The van der Waals surface area contributed by atoms with Gasteiger partial charge in [0.2, 0.25) is 0 Å². The van der Waals surface area contributed by atoms with Crippen molar-refractivity contribution in [2.75, 3.05) is 18.1 Å². The normalized spacial score (nSPS) is 12.6. The van der Waals surface area contributed by atoms with E-state index in [1.54, 1.807) is 25.2 Å². The monoisotopic (exact) mass is 388 g/mol. The molecule has 8 nitrogen and oxygen atoms in total. The lowest BCUT2D eigenvalue weighted by molar-refractivity contribution is 0.374. The van der Waals surface area contributed by atoms with Gasteiger partial charge in [0.25, 0.3) is 0 Å². The van der Waals surface area contributed by atoms with Crippen LogP contribution >= 0.6 is 10.9 Å². The van der Waals surface area contributed by atoms with Gasteiger partial charge in [-0.05, 0) is 42.6 Å². The van der Waals surface area contributed by atoms with Crippen LogP contribution in [0.3, 0.4) is 0 Å². The van der Waals surface area contributed by atoms with Crippen LogP contribution < -0.4 is 11.1 Å². The van der Waals surface area contributed by atoms with Gasteiger partial charge in [-0.2, -0.15) is 5.11 Å². The van der Waals surface area contributed by atoms with Crippen molar-refractivity contribution in [2.24, 2.45) is 10.2 Å². The zero-order valence-electron chi connectivity index (χ0n) is 14.7. The molecule has 0 aliphatic heterocycles. The third-order valence-corrected chi connectivity index (χ3v) is 5.22. The lowest BCUT2D eigenvalue weighted by atomic mass is 10.0. The summed E-state index contributed by atoms with van der Waals surface area (Å²) in [4.78, 5) is -0.148. The summed E-state index contributed by atoms with van der Waals surface area (Å²) in [6, 6.07) is 11.9. The van der Waals surface area contributed by atoms with Crippen molar-refractivity contribution < 1.29 is 18.8 Å². The van der Waals surface area contributed by atoms with E-state index in [1.165, 1.54) is 13.0 Å². The number of benzene rings is 3. The van der Waals surface area contributed by atoms with Crippen LogP contribution in [0, 0.1) is 6.92 Å². The van der Waals surface area contributed by atoms with E-state index >= 15 is 0 Å². The van der Waals surface area contributed by atoms with Crippen LogP contribution in [0.5, 0.6) is 5.75 Å². The van der Waals surface area contributed by atoms with Crippen LogP contribution in [0.1, 0.15) is 5.56 Å². The zero-order chi connectivity index (χ0) is 19.8. The molecule has 3 rings (SSSR count). The molecule has 0 radical (unpaired) electrons. The number of aromatic hydroxyl groups is 1. The number of fused-ring (bicyclic) bond motifs is 1. The Hall–Kier alpha value is -2.85. The Morgan fingerprint density at radius 2 is 1.78 bits per heavy atom. The Balaban J connectivity index is 2.10. The second-order valence-corrected chi connectivity index (χ2v) is 7.44. The van der Waals surface area contributed by atoms with Gasteiger partial charge in [0, 0.05) is 23.7 Å². The van der Waals surface area contributed by atoms with Crippen molar-refractivity contribution in [1.29, 1.82) is 0 Å². The molecule has 0 heterocycles. The molecule has 3 aromatic carbocycles. The van der Waals surface area contributed by atoms with Gasteiger partial charge in [0.15, 0.2) is 0 Å². The molecule has 0 spiro atoms. The first-order valence-corrected chi connectivity index (χ1v) is 9.47. The van der Waals surface area contributed by atoms with Crippen molar-refractivity contribution in [3.05, 3.63) is 48.0 Å². The number of nitrogens with one attached hydrogen (secondary N) is 1. The highest BCUT2D eigenvalue weighted by Gasteiger charge is 2.23. The van der Waals surface area contributed by atoms with Crippen LogP contribution in [-0.2, 0) is 0 Å². The molecular weight excluding hydrogens is 368 g/mol. The van der Waals surface area contributed by atoms with Crippen LogP contribution in [0.2, 0.25) is 0 Å². The highest BCUT2D eigenvalue weighted by Crippen LogP contribution is 2.51. The SMILES string of the molecule is CNc1cccc(N=Nc2ccc3cc(S(O)(O)O)c(C)c(O)c3c2N)c1. The molecule has 0 fully saturated rings. The van der Waals surface area contributed by atoms with Crippen LogP contribution in [0.15, 0.2) is 57.6 Å². The summed E-state index contributed by atoms with van der Waals surface area (Å²) >= 11 is 0. The fourth-order valence-corrected chi connectivity index (χ4v) is 3.56. The highest BCUT2D eigenvalue weighted by atomic mass is 32.3. The first-order valence-electron chi connectivity index (χ1n) is 7.97. The Labute approximate surface area is 157 Å². The molecule has 0 aromatic heterocycles. The summed E-state index contributed by atoms with van der Waals surface area (Å²) < 4.78 is 28.6. The van der Waals surface area contributed by atoms with E-state index in [0.29, 0.717) is 22.1 Å². The molecule has 0 atom stereocenters. The van der Waals surface area contributed by atoms with Gasteiger partial charge in [0.1, 0.15) is 22.3 Å². The smallest absolute Gasteiger partial charge is 0.129 e. The number of nitrogens with zero attached hydrogens (tertiary/aromatic N) is 2. The lowest BCUT2D eigenvalue weighted by Gasteiger charge is -2.23. The fourth-order valence-electron chi connectivity index (χ4n) is 2.77. The Morgan fingerprint density at radius 1 is 1.04 bits per heavy atom. The lowest BCUT2D eigenvalue weighted by Crippen LogP contribution is -2.00. The molecule has 0 aliphatic rings. The fraction of sp³-hybridized carbons (Fsp3) is 0.111. The quantitative estimate of drug-likeness (QED) is 0.258. The van der Waals surface area contributed by atoms with Crippen molar-refractivity contribution in [2.45, 2.75) is 11.8 Å². The highest BCUT2D eigenvalue weighted by molar-refractivity contribution is 8.19. The topological polar surface area (TPSA) is 144 Å². The second-order valence-electron chi connectivity index (χ2n) is 5.96. The van der Waals surface area contributed by atoms with E-state index in [4.69, 9.17) is 5.73 Å². The van der Waals surface area contributed by atoms with E-state index in [1.807, 2.05) is 18.2 Å². The van der Waals surface area contributed by atoms with Crippen molar-refractivity contribution >= 4 is 44.4 Å². The number of anilines is 2. The number of phenolic OH excluding ortho intramolecular Hbond substituents is 1. The Bertz CT molecular complexity index is 1050. The molecule has 142 valence electrons. The van der Waals surface area contributed by atoms with E-state index in [2.05, 4.69) is 15.5 Å². The molecule has 9 heteroatoms. The third-order valence-electron chi connectivity index (χ3n) is 4.21. The maximum Gasteiger partial charge on any atom is 0.129 e. The van der Waals surface area contributed by atoms with Crippen LogP contribution in [0.25, 0.3) is 10.8 Å². The standard InChI is InChI=1S/C18H20N4O4S/c1-10-15(27(24,25)26)8-11-6-7-14(17(19)16(11)18(10)23)22-21-13-5-3-4-12(9-13)20-2/h3-9,20,23-26H,19H2,1-2H3. The Morgan fingerprint density at radius 3 is 2.44 bits per heavy atom. The van der Waals surface area contributed by atoms with Crippen LogP contribution in [-0.4, -0.2) is 25.8 Å². The minimum Gasteiger partial charge on any atom is -0.507 e. The number of nitrogen functional groups attached to an aromatic ring is 1. The van der Waals surface area contributed by atoms with E-state index in [-0.39, 0.29) is 21.9 Å². The molecular formula is C18H20N4O4S. The predicted octanol–water partition coefficient (Wildman–Crippen LogP) is 5.48. The van der Waals surface area contributed by atoms with Gasteiger partial charge in [-0.15, -0.1) is 5.11 Å². The molecule has 0 aliphatic carbocycles. The number of hydrogen-bond donors (Lipinski definition) is 6. The number of rotatable bonds is 4. The first-order chi connectivity index (χ1) is 12.7. The Kier molecular flexibility index (Phi) is 4.94. The maximum absolute atomic E-state index is 10.5. The van der Waals surface area contributed by atoms with Gasteiger partial charge in [-0.3, -0.25) is 0 Å². The van der Waals surface area contributed by atoms with Gasteiger partial charge in [-0.1, -0.05) is 12.1 Å². The minimum atomic E-state index is -3.97. The molecule has 0 unspecified atom stereocenters. The molecule has 7 N–H and O–H groups in total. The summed E-state index contributed by atoms with van der Waals surface area (Å²) in [5.74, 6) is -0.247. The van der Waals surface area contributed by atoms with Crippen molar-refractivity contribution in [3.8, 4) is 5.75 Å². The molecule has 0 amide bonds. The number of nitrogens with two attached hydrogens (primary N) is 1. The van der Waals surface area contributed by atoms with E-state index < -0.39 is 10.9 Å². The molecule has 0 saturated carbocycles. The third kappa shape index (κ3) is 3.67. The summed E-state index contributed by atoms with van der Waals surface area (Å²) in [5, 5.41) is 22.6. The minimum absolute atomic E-state index is 0.132. The number of hydrogen-bond acceptors (Lipinski definition) is 8. The summed E-state index contributed by atoms with van der Waals surface area (Å²) in [6.45, 7) is 1.46. The number of azo groups is 1. The number of phenols is 1. The summed E-state index contributed by atoms with van der Waals surface area (Å²) in [5.41, 5.74) is 8.37. The van der Waals surface area contributed by atoms with Crippen LogP contribution in [0.4, 0.5) is 22.7 Å². The average Bonchev–Trinajstić information content (AvgIpc) is 2.63. The van der Waals surface area contributed by atoms with Crippen molar-refractivity contribution in [1.82, 2.24) is 0 Å². The zero-order valence-corrected chi connectivity index (χ0v) is 15.5. The molecule has 27 heavy (non-hydrogen) atoms. The predicted molar refractivity (Wildman–Crippen MR) is 109 cm³/mol. The maximum atomic E-state index is 10.5. The van der Waals surface area contributed by atoms with Gasteiger partial charge in [-0.25, -0.2) is 0 Å². The molecule has 3 aromatic rings.